The van der Waals surface area contributed by atoms with E-state index in [0.29, 0.717) is 0 Å². The van der Waals surface area contributed by atoms with Crippen molar-refractivity contribution in [1.29, 1.82) is 0 Å². The van der Waals surface area contributed by atoms with Gasteiger partial charge in [-0.15, -0.1) is 0 Å². The molecule has 1 aromatic carbocycles. The number of esters is 2. The van der Waals surface area contributed by atoms with Crippen LogP contribution in [0, 0.1) is 0 Å². The molecule has 21 heavy (non-hydrogen) atoms. The quantitative estimate of drug-likeness (QED) is 0.805. The van der Waals surface area contributed by atoms with Gasteiger partial charge in [-0.3, -0.25) is 0 Å². The summed E-state index contributed by atoms with van der Waals surface area (Å²) in [5, 5.41) is -0.0399. The SMILES string of the molecule is CNS(=O)(=O)c1cc(C(=O)OC(C)C(=O)OC)ccc1Cl. The van der Waals surface area contributed by atoms with Crippen molar-refractivity contribution in [2.45, 2.75) is 17.9 Å². The van der Waals surface area contributed by atoms with Crippen molar-refractivity contribution in [2.75, 3.05) is 14.2 Å². The fraction of sp³-hybridized carbons (Fsp3) is 0.333. The van der Waals surface area contributed by atoms with E-state index in [1.165, 1.54) is 26.1 Å². The Hall–Kier alpha value is -1.64. The third-order valence-electron chi connectivity index (χ3n) is 2.54. The first-order valence-electron chi connectivity index (χ1n) is 5.75. The highest BCUT2D eigenvalue weighted by molar-refractivity contribution is 7.89. The summed E-state index contributed by atoms with van der Waals surface area (Å²) in [6.45, 7) is 1.34. The second-order valence-corrected chi connectivity index (χ2v) is 6.19. The molecule has 0 radical (unpaired) electrons. The highest BCUT2D eigenvalue weighted by Crippen LogP contribution is 2.23. The molecule has 9 heteroatoms. The lowest BCUT2D eigenvalue weighted by Gasteiger charge is -2.12. The van der Waals surface area contributed by atoms with E-state index >= 15 is 0 Å². The second-order valence-electron chi connectivity index (χ2n) is 3.92. The molecule has 0 aliphatic heterocycles. The molecule has 7 nitrogen and oxygen atoms in total. The van der Waals surface area contributed by atoms with Crippen molar-refractivity contribution in [3.63, 3.8) is 0 Å². The fourth-order valence-electron chi connectivity index (χ4n) is 1.39. The van der Waals surface area contributed by atoms with Crippen molar-refractivity contribution in [2.24, 2.45) is 0 Å². The van der Waals surface area contributed by atoms with Crippen molar-refractivity contribution in [1.82, 2.24) is 4.72 Å². The third kappa shape index (κ3) is 4.16. The van der Waals surface area contributed by atoms with Gasteiger partial charge in [-0.2, -0.15) is 0 Å². The number of methoxy groups -OCH3 is 1. The van der Waals surface area contributed by atoms with Gasteiger partial charge in [-0.1, -0.05) is 11.6 Å². The maximum Gasteiger partial charge on any atom is 0.346 e. The van der Waals surface area contributed by atoms with Gasteiger partial charge in [0, 0.05) is 0 Å². The van der Waals surface area contributed by atoms with Gasteiger partial charge in [0.05, 0.1) is 17.7 Å². The van der Waals surface area contributed by atoms with Gasteiger partial charge >= 0.3 is 11.9 Å². The minimum absolute atomic E-state index is 0.0399. The van der Waals surface area contributed by atoms with Crippen molar-refractivity contribution in [3.05, 3.63) is 28.8 Å². The molecule has 0 heterocycles. The molecular formula is C12H14ClNO6S. The summed E-state index contributed by atoms with van der Waals surface area (Å²) < 4.78 is 34.9. The van der Waals surface area contributed by atoms with Gasteiger partial charge in [0.2, 0.25) is 10.0 Å². The van der Waals surface area contributed by atoms with Gasteiger partial charge in [-0.25, -0.2) is 22.7 Å². The van der Waals surface area contributed by atoms with E-state index in [4.69, 9.17) is 16.3 Å². The highest BCUT2D eigenvalue weighted by atomic mass is 35.5. The fourth-order valence-corrected chi connectivity index (χ4v) is 2.64. The molecule has 0 saturated heterocycles. The van der Waals surface area contributed by atoms with Gasteiger partial charge < -0.3 is 9.47 Å². The zero-order valence-electron chi connectivity index (χ0n) is 11.5. The summed E-state index contributed by atoms with van der Waals surface area (Å²) in [6, 6.07) is 3.62. The van der Waals surface area contributed by atoms with E-state index in [0.717, 1.165) is 13.2 Å². The number of sulfonamides is 1. The first kappa shape index (κ1) is 17.4. The molecule has 1 rings (SSSR count). The van der Waals surface area contributed by atoms with E-state index in [1.807, 2.05) is 0 Å². The molecule has 0 amide bonds. The Morgan fingerprint density at radius 1 is 1.33 bits per heavy atom. The van der Waals surface area contributed by atoms with Crippen molar-refractivity contribution >= 4 is 33.6 Å². The predicted octanol–water partition coefficient (Wildman–Crippen LogP) is 0.966. The molecule has 1 atom stereocenters. The summed E-state index contributed by atoms with van der Waals surface area (Å²) in [6.07, 6.45) is -1.11. The van der Waals surface area contributed by atoms with Crippen LogP contribution in [-0.2, 0) is 24.3 Å². The average molecular weight is 336 g/mol. The number of halogens is 1. The van der Waals surface area contributed by atoms with Crippen LogP contribution >= 0.6 is 11.6 Å². The summed E-state index contributed by atoms with van der Waals surface area (Å²) in [5.74, 6) is -1.59. The Balaban J connectivity index is 3.08. The summed E-state index contributed by atoms with van der Waals surface area (Å²) in [7, 11) is -1.44. The number of hydrogen-bond donors (Lipinski definition) is 1. The Bertz CT molecular complexity index is 658. The van der Waals surface area contributed by atoms with E-state index in [2.05, 4.69) is 9.46 Å². The number of nitrogens with one attached hydrogen (secondary N) is 1. The van der Waals surface area contributed by atoms with Crippen LogP contribution in [0.2, 0.25) is 5.02 Å². The molecule has 0 saturated carbocycles. The number of ether oxygens (including phenoxy) is 2. The minimum atomic E-state index is -3.82. The molecule has 0 aromatic heterocycles. The number of hydrogen-bond acceptors (Lipinski definition) is 6. The van der Waals surface area contributed by atoms with Gasteiger partial charge in [0.1, 0.15) is 4.90 Å². The van der Waals surface area contributed by atoms with Crippen molar-refractivity contribution in [3.8, 4) is 0 Å². The zero-order valence-corrected chi connectivity index (χ0v) is 13.1. The first-order valence-corrected chi connectivity index (χ1v) is 7.61. The molecule has 116 valence electrons. The molecule has 0 aliphatic rings. The van der Waals surface area contributed by atoms with Crippen LogP contribution in [0.25, 0.3) is 0 Å². The molecule has 0 fully saturated rings. The standard InChI is InChI=1S/C12H14ClNO6S/c1-7(11(15)19-3)20-12(16)8-4-5-9(13)10(6-8)21(17,18)14-2/h4-7,14H,1-3H3. The number of carbonyl (C=O) groups is 2. The topological polar surface area (TPSA) is 98.8 Å². The van der Waals surface area contributed by atoms with Crippen LogP contribution in [-0.4, -0.2) is 40.6 Å². The Kier molecular flexibility index (Phi) is 5.70. The Labute approximate surface area is 127 Å². The minimum Gasteiger partial charge on any atom is -0.466 e. The monoisotopic (exact) mass is 335 g/mol. The number of carbonyl (C=O) groups excluding carboxylic acids is 2. The molecule has 1 N–H and O–H groups in total. The third-order valence-corrected chi connectivity index (χ3v) is 4.44. The van der Waals surface area contributed by atoms with Crippen LogP contribution in [0.1, 0.15) is 17.3 Å². The molecule has 1 unspecified atom stereocenters. The maximum atomic E-state index is 11.9. The lowest BCUT2D eigenvalue weighted by molar-refractivity contribution is -0.149. The first-order chi connectivity index (χ1) is 9.72. The van der Waals surface area contributed by atoms with Gasteiger partial charge in [0.15, 0.2) is 6.10 Å². The molecule has 0 bridgehead atoms. The molecule has 0 spiro atoms. The smallest absolute Gasteiger partial charge is 0.346 e. The maximum absolute atomic E-state index is 11.9. The van der Waals surface area contributed by atoms with E-state index in [-0.39, 0.29) is 15.5 Å². The summed E-state index contributed by atoms with van der Waals surface area (Å²) in [4.78, 5) is 22.8. The normalized spacial score (nSPS) is 12.6. The zero-order chi connectivity index (χ0) is 16.2. The molecule has 0 aliphatic carbocycles. The highest BCUT2D eigenvalue weighted by Gasteiger charge is 2.22. The van der Waals surface area contributed by atoms with Crippen LogP contribution < -0.4 is 4.72 Å². The summed E-state index contributed by atoms with van der Waals surface area (Å²) in [5.41, 5.74) is -0.0519. The second kappa shape index (κ2) is 6.88. The van der Waals surface area contributed by atoms with Crippen LogP contribution in [0.15, 0.2) is 23.1 Å². The number of rotatable bonds is 5. The van der Waals surface area contributed by atoms with E-state index < -0.39 is 28.1 Å². The van der Waals surface area contributed by atoms with Gasteiger partial charge in [0.25, 0.3) is 0 Å². The lowest BCUT2D eigenvalue weighted by atomic mass is 10.2. The van der Waals surface area contributed by atoms with Crippen LogP contribution in [0.5, 0.6) is 0 Å². The van der Waals surface area contributed by atoms with Crippen LogP contribution in [0.4, 0.5) is 0 Å². The van der Waals surface area contributed by atoms with E-state index in [1.54, 1.807) is 0 Å². The van der Waals surface area contributed by atoms with Crippen molar-refractivity contribution < 1.29 is 27.5 Å². The van der Waals surface area contributed by atoms with Gasteiger partial charge in [-0.05, 0) is 32.2 Å². The Morgan fingerprint density at radius 3 is 2.48 bits per heavy atom. The number of benzene rings is 1. The predicted molar refractivity (Wildman–Crippen MR) is 74.6 cm³/mol. The molecular weight excluding hydrogens is 322 g/mol. The summed E-state index contributed by atoms with van der Waals surface area (Å²) >= 11 is 5.80. The molecule has 1 aromatic rings. The average Bonchev–Trinajstić information content (AvgIpc) is 2.46. The van der Waals surface area contributed by atoms with Crippen LogP contribution in [0.3, 0.4) is 0 Å². The van der Waals surface area contributed by atoms with E-state index in [9.17, 15) is 18.0 Å². The largest absolute Gasteiger partial charge is 0.466 e. The lowest BCUT2D eigenvalue weighted by Crippen LogP contribution is -2.25. The Morgan fingerprint density at radius 2 is 1.95 bits per heavy atom.